The Bertz CT molecular complexity index is 945. The highest BCUT2D eigenvalue weighted by Crippen LogP contribution is 2.37. The Labute approximate surface area is 198 Å². The van der Waals surface area contributed by atoms with Crippen LogP contribution in [-0.4, -0.2) is 27.1 Å². The third-order valence-corrected chi connectivity index (χ3v) is 6.17. The predicted molar refractivity (Wildman–Crippen MR) is 129 cm³/mol. The van der Waals surface area contributed by atoms with Crippen LogP contribution < -0.4 is 10.6 Å². The Balaban J connectivity index is 1.95. The molecule has 0 aliphatic carbocycles. The summed E-state index contributed by atoms with van der Waals surface area (Å²) in [6.07, 6.45) is -2.93. The van der Waals surface area contributed by atoms with Gasteiger partial charge in [0.25, 0.3) is 0 Å². The van der Waals surface area contributed by atoms with Crippen molar-refractivity contribution in [3.63, 3.8) is 0 Å². The van der Waals surface area contributed by atoms with E-state index in [1.54, 1.807) is 0 Å². The Hall–Kier alpha value is -1.83. The normalized spacial score (nSPS) is 18.2. The van der Waals surface area contributed by atoms with Crippen LogP contribution in [0.15, 0.2) is 48.5 Å². The van der Waals surface area contributed by atoms with Gasteiger partial charge in [-0.1, -0.05) is 41.9 Å². The second kappa shape index (κ2) is 9.20. The standard InChI is InChI=1S/C24H29ClF3N3S/c1-22(2)13-18(14-23(3,4)30-22)31(15-16-8-6-5-7-9-16)21(32)29-20-12-17(25)10-11-19(20)24(26,27)28/h5-12,18,30H,13-15H2,1-4H3,(H,29,32). The number of nitrogens with zero attached hydrogens (tertiary/aromatic N) is 1. The third-order valence-electron chi connectivity index (χ3n) is 5.59. The van der Waals surface area contributed by atoms with Crippen LogP contribution >= 0.6 is 23.8 Å². The lowest BCUT2D eigenvalue weighted by molar-refractivity contribution is -0.136. The molecule has 0 spiro atoms. The quantitative estimate of drug-likeness (QED) is 0.464. The minimum Gasteiger partial charge on any atom is -0.342 e. The number of anilines is 1. The molecule has 8 heteroatoms. The zero-order chi connectivity index (χ0) is 23.7. The van der Waals surface area contributed by atoms with E-state index in [0.717, 1.165) is 24.5 Å². The number of halogens is 4. The molecule has 0 amide bonds. The van der Waals surface area contributed by atoms with Crippen molar-refractivity contribution in [2.24, 2.45) is 0 Å². The van der Waals surface area contributed by atoms with E-state index >= 15 is 0 Å². The van der Waals surface area contributed by atoms with Crippen LogP contribution in [0.3, 0.4) is 0 Å². The summed E-state index contributed by atoms with van der Waals surface area (Å²) < 4.78 is 40.8. The number of benzene rings is 2. The molecule has 1 aliphatic rings. The lowest BCUT2D eigenvalue weighted by Gasteiger charge is -2.50. The van der Waals surface area contributed by atoms with Crippen LogP contribution in [0.1, 0.15) is 51.7 Å². The summed E-state index contributed by atoms with van der Waals surface area (Å²) in [7, 11) is 0. The second-order valence-corrected chi connectivity index (χ2v) is 10.5. The van der Waals surface area contributed by atoms with Crippen LogP contribution in [0.25, 0.3) is 0 Å². The number of hydrogen-bond donors (Lipinski definition) is 2. The third kappa shape index (κ3) is 6.36. The van der Waals surface area contributed by atoms with Crippen LogP contribution in [-0.2, 0) is 12.7 Å². The zero-order valence-electron chi connectivity index (χ0n) is 18.7. The fraction of sp³-hybridized carbons (Fsp3) is 0.458. The second-order valence-electron chi connectivity index (χ2n) is 9.69. The van der Waals surface area contributed by atoms with Crippen molar-refractivity contribution >= 4 is 34.6 Å². The van der Waals surface area contributed by atoms with E-state index in [0.29, 0.717) is 6.54 Å². The van der Waals surface area contributed by atoms with Gasteiger partial charge >= 0.3 is 6.18 Å². The van der Waals surface area contributed by atoms with Gasteiger partial charge in [0.1, 0.15) is 0 Å². The molecule has 174 valence electrons. The van der Waals surface area contributed by atoms with E-state index in [1.165, 1.54) is 12.1 Å². The van der Waals surface area contributed by atoms with Crippen LogP contribution in [0.5, 0.6) is 0 Å². The number of hydrogen-bond acceptors (Lipinski definition) is 2. The van der Waals surface area contributed by atoms with Crippen molar-refractivity contribution in [3.8, 4) is 0 Å². The summed E-state index contributed by atoms with van der Waals surface area (Å²) in [5.41, 5.74) is -0.197. The molecule has 0 saturated carbocycles. The van der Waals surface area contributed by atoms with E-state index in [4.69, 9.17) is 23.8 Å². The van der Waals surface area contributed by atoms with Crippen LogP contribution in [0.2, 0.25) is 5.02 Å². The van der Waals surface area contributed by atoms with Gasteiger partial charge in [0.2, 0.25) is 0 Å². The molecule has 2 aromatic rings. The molecule has 2 aromatic carbocycles. The summed E-state index contributed by atoms with van der Waals surface area (Å²) in [5.74, 6) is 0. The predicted octanol–water partition coefficient (Wildman–Crippen LogP) is 6.87. The molecule has 1 fully saturated rings. The number of nitrogens with one attached hydrogen (secondary N) is 2. The fourth-order valence-corrected chi connectivity index (χ4v) is 5.19. The summed E-state index contributed by atoms with van der Waals surface area (Å²) in [6.45, 7) is 9.03. The summed E-state index contributed by atoms with van der Waals surface area (Å²) in [6, 6.07) is 13.3. The van der Waals surface area contributed by atoms with Gasteiger partial charge < -0.3 is 15.5 Å². The molecule has 3 nitrogen and oxygen atoms in total. The molecule has 0 aromatic heterocycles. The van der Waals surface area contributed by atoms with Crippen molar-refractivity contribution in [3.05, 3.63) is 64.7 Å². The molecule has 0 bridgehead atoms. The summed E-state index contributed by atoms with van der Waals surface area (Å²) >= 11 is 11.7. The lowest BCUT2D eigenvalue weighted by Crippen LogP contribution is -2.63. The smallest absolute Gasteiger partial charge is 0.342 e. The highest BCUT2D eigenvalue weighted by molar-refractivity contribution is 7.80. The van der Waals surface area contributed by atoms with Crippen molar-refractivity contribution in [1.82, 2.24) is 10.2 Å². The average molecular weight is 484 g/mol. The van der Waals surface area contributed by atoms with E-state index in [2.05, 4.69) is 38.3 Å². The number of thiocarbonyl (C=S) groups is 1. The van der Waals surface area contributed by atoms with Gasteiger partial charge in [-0.2, -0.15) is 13.2 Å². The van der Waals surface area contributed by atoms with E-state index in [1.807, 2.05) is 35.2 Å². The first-order chi connectivity index (χ1) is 14.8. The lowest BCUT2D eigenvalue weighted by atomic mass is 9.79. The van der Waals surface area contributed by atoms with Gasteiger partial charge in [0.05, 0.1) is 11.3 Å². The minimum atomic E-state index is -4.52. The van der Waals surface area contributed by atoms with Gasteiger partial charge in [-0.3, -0.25) is 0 Å². The van der Waals surface area contributed by atoms with Gasteiger partial charge in [-0.05, 0) is 76.5 Å². The minimum absolute atomic E-state index is 0.0370. The van der Waals surface area contributed by atoms with Gasteiger partial charge in [-0.15, -0.1) is 0 Å². The topological polar surface area (TPSA) is 27.3 Å². The summed E-state index contributed by atoms with van der Waals surface area (Å²) in [4.78, 5) is 2.01. The Morgan fingerprint density at radius 3 is 2.25 bits per heavy atom. The molecular weight excluding hydrogens is 455 g/mol. The SMILES string of the molecule is CC1(C)CC(N(Cc2ccccc2)C(=S)Nc2cc(Cl)ccc2C(F)(F)F)CC(C)(C)N1. The monoisotopic (exact) mass is 483 g/mol. The van der Waals surface area contributed by atoms with Crippen LogP contribution in [0, 0.1) is 0 Å². The van der Waals surface area contributed by atoms with Crippen LogP contribution in [0.4, 0.5) is 18.9 Å². The number of alkyl halides is 3. The Morgan fingerprint density at radius 2 is 1.69 bits per heavy atom. The zero-order valence-corrected chi connectivity index (χ0v) is 20.3. The largest absolute Gasteiger partial charge is 0.418 e. The van der Waals surface area contributed by atoms with Crippen molar-refractivity contribution < 1.29 is 13.2 Å². The molecule has 3 rings (SSSR count). The molecule has 1 heterocycles. The first-order valence-corrected chi connectivity index (χ1v) is 11.3. The Morgan fingerprint density at radius 1 is 1.09 bits per heavy atom. The molecule has 0 unspecified atom stereocenters. The maximum absolute atomic E-state index is 13.6. The van der Waals surface area contributed by atoms with E-state index in [9.17, 15) is 13.2 Å². The van der Waals surface area contributed by atoms with E-state index in [-0.39, 0.29) is 32.9 Å². The average Bonchev–Trinajstić information content (AvgIpc) is 2.63. The molecular formula is C24H29ClF3N3S. The van der Waals surface area contributed by atoms with Crippen molar-refractivity contribution in [2.75, 3.05) is 5.32 Å². The maximum atomic E-state index is 13.6. The van der Waals surface area contributed by atoms with Gasteiger partial charge in [-0.25, -0.2) is 0 Å². The fourth-order valence-electron chi connectivity index (χ4n) is 4.69. The Kier molecular flexibility index (Phi) is 7.13. The summed E-state index contributed by atoms with van der Waals surface area (Å²) in [5, 5.41) is 6.97. The highest BCUT2D eigenvalue weighted by Gasteiger charge is 2.41. The molecule has 2 N–H and O–H groups in total. The van der Waals surface area contributed by atoms with Crippen molar-refractivity contribution in [2.45, 2.75) is 70.4 Å². The molecule has 0 atom stereocenters. The first-order valence-electron chi connectivity index (χ1n) is 10.5. The molecule has 0 radical (unpaired) electrons. The number of rotatable bonds is 4. The molecule has 1 saturated heterocycles. The van der Waals surface area contributed by atoms with Gasteiger partial charge in [0, 0.05) is 28.7 Å². The first kappa shape index (κ1) is 24.8. The van der Waals surface area contributed by atoms with Gasteiger partial charge in [0.15, 0.2) is 5.11 Å². The molecule has 1 aliphatic heterocycles. The molecule has 32 heavy (non-hydrogen) atoms. The van der Waals surface area contributed by atoms with Crippen molar-refractivity contribution in [1.29, 1.82) is 0 Å². The maximum Gasteiger partial charge on any atom is 0.418 e. The van der Waals surface area contributed by atoms with E-state index < -0.39 is 11.7 Å². The highest BCUT2D eigenvalue weighted by atomic mass is 35.5. The number of piperidine rings is 1.